The van der Waals surface area contributed by atoms with E-state index in [0.717, 1.165) is 5.56 Å². The maximum Gasteiger partial charge on any atom is 0.267 e. The number of fused-ring (bicyclic) bond motifs is 1. The topological polar surface area (TPSA) is 58.6 Å². The highest BCUT2D eigenvalue weighted by Crippen LogP contribution is 2.33. The maximum atomic E-state index is 13.1. The van der Waals surface area contributed by atoms with Crippen molar-refractivity contribution in [2.24, 2.45) is 0 Å². The highest BCUT2D eigenvalue weighted by Gasteiger charge is 2.31. The Hall–Kier alpha value is -2.89. The molecule has 0 unspecified atom stereocenters. The first-order valence-electron chi connectivity index (χ1n) is 8.63. The van der Waals surface area contributed by atoms with E-state index in [4.69, 9.17) is 4.74 Å². The number of carbonyl (C=O) groups excluding carboxylic acids is 2. The number of hydrogen-bond donors (Lipinski definition) is 1. The highest BCUT2D eigenvalue weighted by molar-refractivity contribution is 6.00. The summed E-state index contributed by atoms with van der Waals surface area (Å²) < 4.78 is 18.7. The molecule has 0 fully saturated rings. The SMILES string of the molecule is C[C@H]1Oc2ccccc2N(CCC(=O)NCCc2cccc(F)c2)C1=O. The van der Waals surface area contributed by atoms with Gasteiger partial charge in [-0.05, 0) is 43.2 Å². The first-order valence-corrected chi connectivity index (χ1v) is 8.63. The molecule has 6 heteroatoms. The second kappa shape index (κ2) is 7.99. The fourth-order valence-corrected chi connectivity index (χ4v) is 2.93. The van der Waals surface area contributed by atoms with Gasteiger partial charge in [0.1, 0.15) is 11.6 Å². The van der Waals surface area contributed by atoms with E-state index in [9.17, 15) is 14.0 Å². The number of halogens is 1. The third-order valence-electron chi connectivity index (χ3n) is 4.26. The molecule has 0 radical (unpaired) electrons. The van der Waals surface area contributed by atoms with Crippen molar-refractivity contribution < 1.29 is 18.7 Å². The van der Waals surface area contributed by atoms with Crippen LogP contribution in [-0.2, 0) is 16.0 Å². The number of hydrogen-bond acceptors (Lipinski definition) is 3. The van der Waals surface area contributed by atoms with E-state index in [1.165, 1.54) is 12.1 Å². The van der Waals surface area contributed by atoms with Gasteiger partial charge >= 0.3 is 0 Å². The van der Waals surface area contributed by atoms with Crippen molar-refractivity contribution in [2.75, 3.05) is 18.0 Å². The zero-order chi connectivity index (χ0) is 18.5. The lowest BCUT2D eigenvalue weighted by molar-refractivity contribution is -0.125. The van der Waals surface area contributed by atoms with Gasteiger partial charge < -0.3 is 15.0 Å². The smallest absolute Gasteiger partial charge is 0.267 e. The molecule has 0 spiro atoms. The average Bonchev–Trinajstić information content (AvgIpc) is 2.62. The Balaban J connectivity index is 1.52. The first kappa shape index (κ1) is 17.9. The highest BCUT2D eigenvalue weighted by atomic mass is 19.1. The summed E-state index contributed by atoms with van der Waals surface area (Å²) in [6.07, 6.45) is 0.177. The second-order valence-electron chi connectivity index (χ2n) is 6.20. The summed E-state index contributed by atoms with van der Waals surface area (Å²) in [5.74, 6) is 0.0562. The van der Waals surface area contributed by atoms with E-state index in [1.807, 2.05) is 24.3 Å². The second-order valence-corrected chi connectivity index (χ2v) is 6.20. The number of rotatable bonds is 6. The molecule has 5 nitrogen and oxygen atoms in total. The molecule has 2 amide bonds. The molecule has 0 saturated carbocycles. The largest absolute Gasteiger partial charge is 0.479 e. The fourth-order valence-electron chi connectivity index (χ4n) is 2.93. The van der Waals surface area contributed by atoms with Crippen molar-refractivity contribution in [1.82, 2.24) is 5.32 Å². The summed E-state index contributed by atoms with van der Waals surface area (Å²) >= 11 is 0. The van der Waals surface area contributed by atoms with Gasteiger partial charge in [-0.25, -0.2) is 4.39 Å². The molecule has 136 valence electrons. The van der Waals surface area contributed by atoms with Gasteiger partial charge in [-0.2, -0.15) is 0 Å². The van der Waals surface area contributed by atoms with Crippen molar-refractivity contribution in [1.29, 1.82) is 0 Å². The number of para-hydroxylation sites is 2. The monoisotopic (exact) mass is 356 g/mol. The third-order valence-corrected chi connectivity index (χ3v) is 4.26. The zero-order valence-corrected chi connectivity index (χ0v) is 14.6. The van der Waals surface area contributed by atoms with Gasteiger partial charge in [-0.15, -0.1) is 0 Å². The maximum absolute atomic E-state index is 13.1. The van der Waals surface area contributed by atoms with E-state index < -0.39 is 6.10 Å². The van der Waals surface area contributed by atoms with E-state index in [1.54, 1.807) is 24.0 Å². The number of amides is 2. The van der Waals surface area contributed by atoms with Crippen LogP contribution in [0.25, 0.3) is 0 Å². The van der Waals surface area contributed by atoms with Crippen LogP contribution in [0.3, 0.4) is 0 Å². The van der Waals surface area contributed by atoms with Crippen molar-refractivity contribution in [3.05, 3.63) is 59.9 Å². The minimum absolute atomic E-state index is 0.147. The van der Waals surface area contributed by atoms with Gasteiger partial charge in [0.15, 0.2) is 6.10 Å². The van der Waals surface area contributed by atoms with Gasteiger partial charge in [0.2, 0.25) is 5.91 Å². The van der Waals surface area contributed by atoms with E-state index in [-0.39, 0.29) is 30.6 Å². The zero-order valence-electron chi connectivity index (χ0n) is 14.6. The van der Waals surface area contributed by atoms with Gasteiger partial charge in [0.05, 0.1) is 5.69 Å². The molecule has 0 aliphatic carbocycles. The van der Waals surface area contributed by atoms with Crippen LogP contribution in [0.5, 0.6) is 5.75 Å². The van der Waals surface area contributed by atoms with Crippen LogP contribution < -0.4 is 15.0 Å². The predicted octanol–water partition coefficient (Wildman–Crippen LogP) is 2.69. The van der Waals surface area contributed by atoms with Crippen LogP contribution in [0, 0.1) is 5.82 Å². The average molecular weight is 356 g/mol. The molecule has 0 bridgehead atoms. The molecular weight excluding hydrogens is 335 g/mol. The van der Waals surface area contributed by atoms with Gasteiger partial charge in [-0.3, -0.25) is 9.59 Å². The lowest BCUT2D eigenvalue weighted by Gasteiger charge is -2.32. The summed E-state index contributed by atoms with van der Waals surface area (Å²) in [6.45, 7) is 2.41. The van der Waals surface area contributed by atoms with Gasteiger partial charge in [0, 0.05) is 19.5 Å². The fraction of sp³-hybridized carbons (Fsp3) is 0.300. The number of carbonyl (C=O) groups is 2. The lowest BCUT2D eigenvalue weighted by Crippen LogP contribution is -2.45. The summed E-state index contributed by atoms with van der Waals surface area (Å²) in [7, 11) is 0. The van der Waals surface area contributed by atoms with Crippen LogP contribution in [0.4, 0.5) is 10.1 Å². The van der Waals surface area contributed by atoms with Gasteiger partial charge in [0.25, 0.3) is 5.91 Å². The normalized spacial score (nSPS) is 16.0. The Bertz CT molecular complexity index is 809. The van der Waals surface area contributed by atoms with E-state index >= 15 is 0 Å². The summed E-state index contributed by atoms with van der Waals surface area (Å²) in [5.41, 5.74) is 1.51. The number of ether oxygens (including phenoxy) is 1. The standard InChI is InChI=1S/C20H21FN2O3/c1-14-20(25)23(17-7-2-3-8-18(17)26-14)12-10-19(24)22-11-9-15-5-4-6-16(21)13-15/h2-8,13-14H,9-12H2,1H3,(H,22,24)/t14-/m1/s1. The number of nitrogens with one attached hydrogen (secondary N) is 1. The molecule has 1 aliphatic heterocycles. The van der Waals surface area contributed by atoms with Crippen LogP contribution in [-0.4, -0.2) is 31.0 Å². The molecule has 1 N–H and O–H groups in total. The third kappa shape index (κ3) is 4.20. The molecule has 2 aromatic carbocycles. The Morgan fingerprint density at radius 3 is 2.85 bits per heavy atom. The molecule has 1 atom stereocenters. The van der Waals surface area contributed by atoms with Crippen molar-refractivity contribution in [2.45, 2.75) is 25.9 Å². The molecule has 3 rings (SSSR count). The first-order chi connectivity index (χ1) is 12.5. The minimum atomic E-state index is -0.569. The summed E-state index contributed by atoms with van der Waals surface area (Å²) in [6, 6.07) is 13.6. The Morgan fingerprint density at radius 2 is 2.04 bits per heavy atom. The molecule has 0 aromatic heterocycles. The number of nitrogens with zero attached hydrogens (tertiary/aromatic N) is 1. The lowest BCUT2D eigenvalue weighted by atomic mass is 10.1. The molecule has 1 heterocycles. The van der Waals surface area contributed by atoms with Crippen LogP contribution in [0.1, 0.15) is 18.9 Å². The van der Waals surface area contributed by atoms with Crippen molar-refractivity contribution in [3.63, 3.8) is 0 Å². The summed E-state index contributed by atoms with van der Waals surface area (Å²) in [5, 5.41) is 2.81. The number of anilines is 1. The van der Waals surface area contributed by atoms with Gasteiger partial charge in [-0.1, -0.05) is 24.3 Å². The van der Waals surface area contributed by atoms with Crippen molar-refractivity contribution >= 4 is 17.5 Å². The Labute approximate surface area is 151 Å². The van der Waals surface area contributed by atoms with Crippen LogP contribution in [0.15, 0.2) is 48.5 Å². The summed E-state index contributed by atoms with van der Waals surface area (Å²) in [4.78, 5) is 26.0. The quantitative estimate of drug-likeness (QED) is 0.866. The van der Waals surface area contributed by atoms with Crippen LogP contribution >= 0.6 is 0 Å². The van der Waals surface area contributed by atoms with E-state index in [2.05, 4.69) is 5.32 Å². The van der Waals surface area contributed by atoms with E-state index in [0.29, 0.717) is 24.4 Å². The molecule has 1 aliphatic rings. The molecular formula is C20H21FN2O3. The molecule has 26 heavy (non-hydrogen) atoms. The Kier molecular flexibility index (Phi) is 5.51. The predicted molar refractivity (Wildman–Crippen MR) is 96.6 cm³/mol. The minimum Gasteiger partial charge on any atom is -0.479 e. The number of benzene rings is 2. The Morgan fingerprint density at radius 1 is 1.23 bits per heavy atom. The van der Waals surface area contributed by atoms with Crippen LogP contribution in [0.2, 0.25) is 0 Å². The molecule has 2 aromatic rings. The van der Waals surface area contributed by atoms with Crippen molar-refractivity contribution in [3.8, 4) is 5.75 Å². The molecule has 0 saturated heterocycles.